The van der Waals surface area contributed by atoms with E-state index in [1.54, 1.807) is 18.2 Å². The lowest BCUT2D eigenvalue weighted by atomic mass is 10.1. The number of benzene rings is 3. The highest BCUT2D eigenvalue weighted by atomic mass is 19.1. The molecular formula is C28H24F2. The van der Waals surface area contributed by atoms with E-state index in [0.717, 1.165) is 36.8 Å². The van der Waals surface area contributed by atoms with Crippen LogP contribution in [0.2, 0.25) is 0 Å². The number of halogens is 2. The van der Waals surface area contributed by atoms with Gasteiger partial charge in [0.25, 0.3) is 0 Å². The molecule has 0 spiro atoms. The van der Waals surface area contributed by atoms with Crippen LogP contribution in [0.5, 0.6) is 0 Å². The fourth-order valence-corrected chi connectivity index (χ4v) is 3.12. The van der Waals surface area contributed by atoms with Gasteiger partial charge in [0, 0.05) is 11.1 Å². The van der Waals surface area contributed by atoms with Gasteiger partial charge in [0.1, 0.15) is 11.6 Å². The first-order chi connectivity index (χ1) is 14.6. The monoisotopic (exact) mass is 398 g/mol. The SMILES string of the molecule is CCCc1ccc(C#Cc2ccc(C#Cc3ccc(CCC)cc3F)c(F)c2)cc1. The van der Waals surface area contributed by atoms with Crippen molar-refractivity contribution in [2.24, 2.45) is 0 Å². The van der Waals surface area contributed by atoms with Crippen LogP contribution in [0.1, 0.15) is 60.1 Å². The van der Waals surface area contributed by atoms with Gasteiger partial charge in [0.2, 0.25) is 0 Å². The zero-order valence-electron chi connectivity index (χ0n) is 17.4. The molecule has 0 radical (unpaired) electrons. The minimum absolute atomic E-state index is 0.224. The van der Waals surface area contributed by atoms with Crippen molar-refractivity contribution in [2.75, 3.05) is 0 Å². The summed E-state index contributed by atoms with van der Waals surface area (Å²) in [6.07, 6.45) is 3.93. The van der Waals surface area contributed by atoms with Crippen LogP contribution in [-0.4, -0.2) is 0 Å². The molecule has 0 unspecified atom stereocenters. The maximum absolute atomic E-state index is 14.4. The molecule has 0 heterocycles. The summed E-state index contributed by atoms with van der Waals surface area (Å²) in [5.41, 5.74) is 4.18. The average molecular weight is 398 g/mol. The van der Waals surface area contributed by atoms with Crippen molar-refractivity contribution >= 4 is 0 Å². The Morgan fingerprint density at radius 2 is 1.07 bits per heavy atom. The Kier molecular flexibility index (Phi) is 7.42. The first kappa shape index (κ1) is 21.4. The van der Waals surface area contributed by atoms with E-state index in [1.165, 1.54) is 17.7 Å². The summed E-state index contributed by atoms with van der Waals surface area (Å²) in [4.78, 5) is 0. The van der Waals surface area contributed by atoms with Crippen molar-refractivity contribution in [3.63, 3.8) is 0 Å². The fourth-order valence-electron chi connectivity index (χ4n) is 3.12. The summed E-state index contributed by atoms with van der Waals surface area (Å²) in [6, 6.07) is 17.8. The molecule has 0 atom stereocenters. The van der Waals surface area contributed by atoms with E-state index in [0.29, 0.717) is 5.56 Å². The highest BCUT2D eigenvalue weighted by Crippen LogP contribution is 2.13. The Hall–Kier alpha value is -3.36. The fraction of sp³-hybridized carbons (Fsp3) is 0.214. The third-order valence-corrected chi connectivity index (χ3v) is 4.72. The molecule has 0 aliphatic carbocycles. The van der Waals surface area contributed by atoms with Gasteiger partial charge in [0.05, 0.1) is 11.1 Å². The Bertz CT molecular complexity index is 1130. The topological polar surface area (TPSA) is 0 Å². The van der Waals surface area contributed by atoms with E-state index in [2.05, 4.69) is 42.7 Å². The van der Waals surface area contributed by atoms with Gasteiger partial charge in [-0.1, -0.05) is 68.6 Å². The molecule has 0 aliphatic rings. The Morgan fingerprint density at radius 3 is 1.67 bits per heavy atom. The molecule has 0 N–H and O–H groups in total. The summed E-state index contributed by atoms with van der Waals surface area (Å²) in [7, 11) is 0. The average Bonchev–Trinajstić information content (AvgIpc) is 2.74. The van der Waals surface area contributed by atoms with Crippen molar-refractivity contribution in [2.45, 2.75) is 39.5 Å². The standard InChI is InChI=1S/C28H24F2/c1-3-5-21-7-9-22(10-8-21)11-12-24-14-16-26(28(30)20-24)18-17-25-15-13-23(6-4-2)19-27(25)29/h7-10,13-16,19-20H,3-6H2,1-2H3. The molecule has 0 aromatic heterocycles. The van der Waals surface area contributed by atoms with Gasteiger partial charge in [-0.25, -0.2) is 8.78 Å². The predicted molar refractivity (Wildman–Crippen MR) is 119 cm³/mol. The Morgan fingerprint density at radius 1 is 0.567 bits per heavy atom. The van der Waals surface area contributed by atoms with Crippen LogP contribution in [0, 0.1) is 35.3 Å². The van der Waals surface area contributed by atoms with E-state index in [-0.39, 0.29) is 16.9 Å². The molecular weight excluding hydrogens is 374 g/mol. The van der Waals surface area contributed by atoms with Gasteiger partial charge in [0.15, 0.2) is 0 Å². The minimum atomic E-state index is -0.462. The number of aryl methyl sites for hydroxylation is 2. The molecule has 0 saturated carbocycles. The summed E-state index contributed by atoms with van der Waals surface area (Å²) in [5, 5.41) is 0. The summed E-state index contributed by atoms with van der Waals surface area (Å²) >= 11 is 0. The molecule has 0 fully saturated rings. The van der Waals surface area contributed by atoms with Crippen LogP contribution in [0.15, 0.2) is 60.7 Å². The molecule has 0 saturated heterocycles. The lowest BCUT2D eigenvalue weighted by Crippen LogP contribution is -1.90. The first-order valence-electron chi connectivity index (χ1n) is 10.3. The zero-order chi connectivity index (χ0) is 21.3. The smallest absolute Gasteiger partial charge is 0.140 e. The van der Waals surface area contributed by atoms with Crippen molar-refractivity contribution in [1.82, 2.24) is 0 Å². The summed E-state index contributed by atoms with van der Waals surface area (Å²) in [6.45, 7) is 4.20. The van der Waals surface area contributed by atoms with Crippen LogP contribution in [-0.2, 0) is 12.8 Å². The highest BCUT2D eigenvalue weighted by Gasteiger charge is 2.03. The van der Waals surface area contributed by atoms with Crippen molar-refractivity contribution in [3.05, 3.63) is 106 Å². The molecule has 0 bridgehead atoms. The molecule has 0 aliphatic heterocycles. The number of rotatable bonds is 4. The Balaban J connectivity index is 1.75. The summed E-state index contributed by atoms with van der Waals surface area (Å²) in [5.74, 6) is 10.7. The molecule has 150 valence electrons. The third kappa shape index (κ3) is 5.82. The van der Waals surface area contributed by atoms with Gasteiger partial charge in [-0.15, -0.1) is 0 Å². The second-order valence-electron chi connectivity index (χ2n) is 7.21. The van der Waals surface area contributed by atoms with E-state index in [1.807, 2.05) is 25.1 Å². The maximum Gasteiger partial charge on any atom is 0.140 e. The van der Waals surface area contributed by atoms with Crippen LogP contribution < -0.4 is 0 Å². The van der Waals surface area contributed by atoms with E-state index < -0.39 is 5.82 Å². The van der Waals surface area contributed by atoms with Gasteiger partial charge in [-0.2, -0.15) is 0 Å². The molecule has 0 amide bonds. The zero-order valence-corrected chi connectivity index (χ0v) is 17.4. The second-order valence-corrected chi connectivity index (χ2v) is 7.21. The molecule has 0 nitrogen and oxygen atoms in total. The second kappa shape index (κ2) is 10.4. The lowest BCUT2D eigenvalue weighted by Gasteiger charge is -2.00. The normalized spacial score (nSPS) is 10.0. The van der Waals surface area contributed by atoms with E-state index >= 15 is 0 Å². The molecule has 2 heteroatoms. The quantitative estimate of drug-likeness (QED) is 0.431. The highest BCUT2D eigenvalue weighted by molar-refractivity contribution is 5.49. The third-order valence-electron chi connectivity index (χ3n) is 4.72. The van der Waals surface area contributed by atoms with Gasteiger partial charge < -0.3 is 0 Å². The minimum Gasteiger partial charge on any atom is -0.206 e. The predicted octanol–water partition coefficient (Wildman–Crippen LogP) is 6.67. The van der Waals surface area contributed by atoms with Crippen LogP contribution in [0.3, 0.4) is 0 Å². The van der Waals surface area contributed by atoms with E-state index in [9.17, 15) is 8.78 Å². The maximum atomic E-state index is 14.4. The number of hydrogen-bond donors (Lipinski definition) is 0. The van der Waals surface area contributed by atoms with E-state index in [4.69, 9.17) is 0 Å². The van der Waals surface area contributed by atoms with Gasteiger partial charge in [-0.3, -0.25) is 0 Å². The molecule has 3 aromatic carbocycles. The van der Waals surface area contributed by atoms with Crippen LogP contribution >= 0.6 is 0 Å². The molecule has 3 aromatic rings. The first-order valence-corrected chi connectivity index (χ1v) is 10.3. The van der Waals surface area contributed by atoms with Gasteiger partial charge in [-0.05, 0) is 66.4 Å². The molecule has 3 rings (SSSR count). The van der Waals surface area contributed by atoms with Crippen molar-refractivity contribution in [1.29, 1.82) is 0 Å². The van der Waals surface area contributed by atoms with Crippen molar-refractivity contribution in [3.8, 4) is 23.7 Å². The van der Waals surface area contributed by atoms with Crippen molar-refractivity contribution < 1.29 is 8.78 Å². The number of hydrogen-bond acceptors (Lipinski definition) is 0. The van der Waals surface area contributed by atoms with Gasteiger partial charge >= 0.3 is 0 Å². The van der Waals surface area contributed by atoms with Crippen LogP contribution in [0.4, 0.5) is 8.78 Å². The summed E-state index contributed by atoms with van der Waals surface area (Å²) < 4.78 is 28.6. The largest absolute Gasteiger partial charge is 0.206 e. The lowest BCUT2D eigenvalue weighted by molar-refractivity contribution is 0.620. The molecule has 30 heavy (non-hydrogen) atoms. The van der Waals surface area contributed by atoms with Crippen LogP contribution in [0.25, 0.3) is 0 Å². The Labute approximate surface area is 178 Å².